The van der Waals surface area contributed by atoms with E-state index in [1.807, 2.05) is 0 Å². The Hall–Kier alpha value is -1.70. The second-order valence-corrected chi connectivity index (χ2v) is 3.18. The Morgan fingerprint density at radius 2 is 2.00 bits per heavy atom. The normalized spacial score (nSPS) is 10.1. The van der Waals surface area contributed by atoms with Crippen LogP contribution >= 0.6 is 11.8 Å². The standard InChI is InChI=1S/C6H9N5O2S/c1-14-5-2(4(8)12)3(7)11(10-5)6(9)13/h7H2,1H3,(H2,8,12)(H2,9,13). The monoisotopic (exact) mass is 215 g/mol. The van der Waals surface area contributed by atoms with Crippen molar-refractivity contribution in [3.05, 3.63) is 5.56 Å². The Morgan fingerprint density at radius 1 is 1.43 bits per heavy atom. The summed E-state index contributed by atoms with van der Waals surface area (Å²) in [6, 6.07) is -0.856. The molecule has 1 aromatic heterocycles. The van der Waals surface area contributed by atoms with Crippen molar-refractivity contribution in [2.75, 3.05) is 12.0 Å². The van der Waals surface area contributed by atoms with Crippen molar-refractivity contribution in [1.82, 2.24) is 9.78 Å². The number of hydrogen-bond donors (Lipinski definition) is 3. The lowest BCUT2D eigenvalue weighted by Gasteiger charge is -1.96. The third kappa shape index (κ3) is 1.51. The van der Waals surface area contributed by atoms with Gasteiger partial charge in [0.2, 0.25) is 0 Å². The first kappa shape index (κ1) is 10.4. The number of nitrogens with zero attached hydrogens (tertiary/aromatic N) is 2. The summed E-state index contributed by atoms with van der Waals surface area (Å²) >= 11 is 1.16. The van der Waals surface area contributed by atoms with Crippen molar-refractivity contribution < 1.29 is 9.59 Å². The van der Waals surface area contributed by atoms with Crippen LogP contribution in [-0.4, -0.2) is 28.0 Å². The van der Waals surface area contributed by atoms with Crippen LogP contribution in [0, 0.1) is 0 Å². The van der Waals surface area contributed by atoms with Crippen LogP contribution in [0.3, 0.4) is 0 Å². The van der Waals surface area contributed by atoms with E-state index in [-0.39, 0.29) is 16.4 Å². The SMILES string of the molecule is CSc1nn(C(N)=O)c(N)c1C(N)=O. The molecule has 0 spiro atoms. The largest absolute Gasteiger partial charge is 0.383 e. The summed E-state index contributed by atoms with van der Waals surface area (Å²) in [6.07, 6.45) is 1.68. The van der Waals surface area contributed by atoms with E-state index in [1.54, 1.807) is 6.26 Å². The zero-order chi connectivity index (χ0) is 10.9. The molecule has 7 nitrogen and oxygen atoms in total. The zero-order valence-electron chi connectivity index (χ0n) is 7.35. The number of amides is 2. The van der Waals surface area contributed by atoms with Crippen LogP contribution in [0.1, 0.15) is 10.4 Å². The van der Waals surface area contributed by atoms with Gasteiger partial charge in [-0.1, -0.05) is 0 Å². The summed E-state index contributed by atoms with van der Waals surface area (Å²) in [5.74, 6) is -0.867. The zero-order valence-corrected chi connectivity index (χ0v) is 8.17. The number of rotatable bonds is 2. The maximum atomic E-state index is 11.0. The summed E-state index contributed by atoms with van der Waals surface area (Å²) in [5.41, 5.74) is 15.5. The van der Waals surface area contributed by atoms with E-state index >= 15 is 0 Å². The second kappa shape index (κ2) is 3.58. The summed E-state index contributed by atoms with van der Waals surface area (Å²) in [5, 5.41) is 4.01. The first-order chi connectivity index (χ1) is 6.49. The van der Waals surface area contributed by atoms with Crippen LogP contribution in [0.15, 0.2) is 5.03 Å². The molecule has 0 aliphatic heterocycles. The quantitative estimate of drug-likeness (QED) is 0.556. The molecule has 0 saturated carbocycles. The van der Waals surface area contributed by atoms with Crippen LogP contribution in [0.4, 0.5) is 10.6 Å². The van der Waals surface area contributed by atoms with Gasteiger partial charge in [0.05, 0.1) is 0 Å². The topological polar surface area (TPSA) is 130 Å². The van der Waals surface area contributed by atoms with E-state index in [1.165, 1.54) is 0 Å². The van der Waals surface area contributed by atoms with Crippen molar-refractivity contribution in [1.29, 1.82) is 0 Å². The van der Waals surface area contributed by atoms with E-state index in [0.717, 1.165) is 16.4 Å². The van der Waals surface area contributed by atoms with Crippen molar-refractivity contribution >= 4 is 29.5 Å². The van der Waals surface area contributed by atoms with Gasteiger partial charge in [-0.3, -0.25) is 4.79 Å². The lowest BCUT2D eigenvalue weighted by molar-refractivity contribution is 0.0998. The molecule has 0 saturated heterocycles. The Morgan fingerprint density at radius 3 is 2.29 bits per heavy atom. The minimum absolute atomic E-state index is 0.0244. The highest BCUT2D eigenvalue weighted by Gasteiger charge is 2.21. The van der Waals surface area contributed by atoms with Gasteiger partial charge >= 0.3 is 6.03 Å². The van der Waals surface area contributed by atoms with Crippen LogP contribution in [-0.2, 0) is 0 Å². The lowest BCUT2D eigenvalue weighted by Crippen LogP contribution is -2.23. The van der Waals surface area contributed by atoms with Gasteiger partial charge in [-0.2, -0.15) is 9.78 Å². The molecule has 76 valence electrons. The van der Waals surface area contributed by atoms with Crippen LogP contribution in [0.5, 0.6) is 0 Å². The molecule has 0 fully saturated rings. The van der Waals surface area contributed by atoms with E-state index in [4.69, 9.17) is 17.2 Å². The molecular weight excluding hydrogens is 206 g/mol. The Bertz CT molecular complexity index is 399. The minimum atomic E-state index is -0.856. The van der Waals surface area contributed by atoms with Crippen molar-refractivity contribution in [3.63, 3.8) is 0 Å². The molecule has 8 heteroatoms. The summed E-state index contributed by atoms with van der Waals surface area (Å²) in [4.78, 5) is 21.8. The third-order valence-electron chi connectivity index (χ3n) is 1.54. The maximum absolute atomic E-state index is 11.0. The highest BCUT2D eigenvalue weighted by molar-refractivity contribution is 7.98. The molecule has 6 N–H and O–H groups in total. The minimum Gasteiger partial charge on any atom is -0.383 e. The lowest BCUT2D eigenvalue weighted by atomic mass is 10.3. The number of aromatic nitrogens is 2. The number of primary amides is 2. The predicted octanol–water partition coefficient (Wildman–Crippen LogP) is -0.787. The number of hydrogen-bond acceptors (Lipinski definition) is 5. The second-order valence-electron chi connectivity index (χ2n) is 2.38. The summed E-state index contributed by atoms with van der Waals surface area (Å²) < 4.78 is 0.742. The molecule has 0 aliphatic rings. The summed E-state index contributed by atoms with van der Waals surface area (Å²) in [7, 11) is 0. The molecule has 14 heavy (non-hydrogen) atoms. The Kier molecular flexibility index (Phi) is 2.65. The molecule has 0 bridgehead atoms. The molecular formula is C6H9N5O2S. The predicted molar refractivity (Wildman–Crippen MR) is 51.9 cm³/mol. The van der Waals surface area contributed by atoms with Gasteiger partial charge in [0, 0.05) is 0 Å². The number of carbonyl (C=O) groups is 2. The van der Waals surface area contributed by atoms with Gasteiger partial charge in [-0.15, -0.1) is 11.8 Å². The molecule has 0 radical (unpaired) electrons. The smallest absolute Gasteiger partial charge is 0.341 e. The van der Waals surface area contributed by atoms with Gasteiger partial charge < -0.3 is 17.2 Å². The fraction of sp³-hybridized carbons (Fsp3) is 0.167. The molecule has 0 aromatic carbocycles. The average Bonchev–Trinajstić information content (AvgIpc) is 2.42. The molecule has 0 aliphatic carbocycles. The number of nitrogen functional groups attached to an aromatic ring is 1. The number of anilines is 1. The fourth-order valence-corrected chi connectivity index (χ4v) is 1.53. The molecule has 0 unspecified atom stereocenters. The number of thioether (sulfide) groups is 1. The Balaban J connectivity index is 3.40. The van der Waals surface area contributed by atoms with Crippen LogP contribution in [0.2, 0.25) is 0 Å². The van der Waals surface area contributed by atoms with Crippen LogP contribution in [0.25, 0.3) is 0 Å². The van der Waals surface area contributed by atoms with Crippen molar-refractivity contribution in [2.45, 2.75) is 5.03 Å². The van der Waals surface area contributed by atoms with E-state index in [9.17, 15) is 9.59 Å². The molecule has 2 amide bonds. The fourth-order valence-electron chi connectivity index (χ4n) is 0.953. The van der Waals surface area contributed by atoms with E-state index in [0.29, 0.717) is 0 Å². The van der Waals surface area contributed by atoms with E-state index in [2.05, 4.69) is 5.10 Å². The average molecular weight is 215 g/mol. The van der Waals surface area contributed by atoms with Gasteiger partial charge in [-0.05, 0) is 6.26 Å². The number of nitrogens with two attached hydrogens (primary N) is 3. The molecule has 1 heterocycles. The third-order valence-corrected chi connectivity index (χ3v) is 2.21. The van der Waals surface area contributed by atoms with Crippen molar-refractivity contribution in [3.8, 4) is 0 Å². The highest BCUT2D eigenvalue weighted by Crippen LogP contribution is 2.23. The first-order valence-corrected chi connectivity index (χ1v) is 4.73. The van der Waals surface area contributed by atoms with Crippen LogP contribution < -0.4 is 17.2 Å². The molecule has 1 rings (SSSR count). The molecule has 0 atom stereocenters. The van der Waals surface area contributed by atoms with Gasteiger partial charge in [-0.25, -0.2) is 4.79 Å². The summed E-state index contributed by atoms with van der Waals surface area (Å²) in [6.45, 7) is 0. The highest BCUT2D eigenvalue weighted by atomic mass is 32.2. The van der Waals surface area contributed by atoms with Crippen molar-refractivity contribution in [2.24, 2.45) is 11.5 Å². The van der Waals surface area contributed by atoms with Gasteiger partial charge in [0.1, 0.15) is 16.4 Å². The van der Waals surface area contributed by atoms with E-state index < -0.39 is 11.9 Å². The van der Waals surface area contributed by atoms with Gasteiger partial charge in [0.15, 0.2) is 0 Å². The first-order valence-electron chi connectivity index (χ1n) is 3.51. The Labute approximate surface area is 83.6 Å². The maximum Gasteiger partial charge on any atom is 0.341 e. The van der Waals surface area contributed by atoms with Gasteiger partial charge in [0.25, 0.3) is 5.91 Å². The molecule has 1 aromatic rings. The number of carbonyl (C=O) groups excluding carboxylic acids is 2.